The Bertz CT molecular complexity index is 1170. The summed E-state index contributed by atoms with van der Waals surface area (Å²) in [7, 11) is 0. The van der Waals surface area contributed by atoms with E-state index in [0.29, 0.717) is 32.8 Å². The number of hydrogen-bond donors (Lipinski definition) is 1. The van der Waals surface area contributed by atoms with Gasteiger partial charge in [-0.3, -0.25) is 9.59 Å². The van der Waals surface area contributed by atoms with Crippen molar-refractivity contribution in [1.29, 1.82) is 0 Å². The normalized spacial score (nSPS) is 17.7. The van der Waals surface area contributed by atoms with Crippen molar-refractivity contribution in [3.05, 3.63) is 99.0 Å². The number of benzene rings is 3. The maximum Gasteiger partial charge on any atom is 0.264 e. The van der Waals surface area contributed by atoms with Crippen LogP contribution >= 0.6 is 23.2 Å². The van der Waals surface area contributed by atoms with Crippen LogP contribution in [-0.4, -0.2) is 16.8 Å². The van der Waals surface area contributed by atoms with E-state index in [1.807, 2.05) is 24.3 Å². The minimum absolute atomic E-state index is 0.240. The molecule has 32 heavy (non-hydrogen) atoms. The largest absolute Gasteiger partial charge is 0.375 e. The fraction of sp³-hybridized carbons (Fsp3) is 0.231. The number of rotatable bonds is 6. The zero-order chi connectivity index (χ0) is 23.0. The minimum atomic E-state index is -1.99. The number of carbonyl (C=O) groups excluding carboxylic acids is 2. The molecule has 1 atom stereocenters. The second kappa shape index (κ2) is 8.70. The van der Waals surface area contributed by atoms with Crippen molar-refractivity contribution in [3.63, 3.8) is 0 Å². The number of amides is 1. The molecule has 0 spiro atoms. The summed E-state index contributed by atoms with van der Waals surface area (Å²) < 4.78 is 0. The van der Waals surface area contributed by atoms with Gasteiger partial charge >= 0.3 is 0 Å². The minimum Gasteiger partial charge on any atom is -0.375 e. The van der Waals surface area contributed by atoms with Gasteiger partial charge in [-0.25, -0.2) is 0 Å². The summed E-state index contributed by atoms with van der Waals surface area (Å²) in [6.45, 7) is 4.39. The van der Waals surface area contributed by atoms with Crippen LogP contribution in [0.4, 0.5) is 5.69 Å². The van der Waals surface area contributed by atoms with Crippen LogP contribution in [0.2, 0.25) is 10.0 Å². The Hall–Kier alpha value is -2.66. The molecule has 1 heterocycles. The van der Waals surface area contributed by atoms with Crippen molar-refractivity contribution in [1.82, 2.24) is 0 Å². The van der Waals surface area contributed by atoms with Gasteiger partial charge in [0, 0.05) is 21.2 Å². The van der Waals surface area contributed by atoms with Crippen molar-refractivity contribution in [2.24, 2.45) is 0 Å². The molecule has 0 saturated heterocycles. The molecule has 1 aliphatic heterocycles. The summed E-state index contributed by atoms with van der Waals surface area (Å²) in [6, 6.07) is 19.3. The third kappa shape index (κ3) is 4.18. The first-order valence-corrected chi connectivity index (χ1v) is 11.2. The van der Waals surface area contributed by atoms with E-state index in [1.54, 1.807) is 42.5 Å². The Labute approximate surface area is 197 Å². The summed E-state index contributed by atoms with van der Waals surface area (Å²) >= 11 is 12.2. The molecule has 0 radical (unpaired) electrons. The molecule has 1 amide bonds. The number of aliphatic hydroxyl groups is 1. The second-order valence-electron chi connectivity index (χ2n) is 8.42. The molecular formula is C26H23Cl2NO3. The van der Waals surface area contributed by atoms with Crippen molar-refractivity contribution in [2.75, 3.05) is 4.90 Å². The number of anilines is 1. The number of hydrogen-bond acceptors (Lipinski definition) is 3. The van der Waals surface area contributed by atoms with E-state index in [4.69, 9.17) is 23.2 Å². The lowest BCUT2D eigenvalue weighted by Crippen LogP contribution is -2.41. The summed E-state index contributed by atoms with van der Waals surface area (Å²) in [5.41, 5.74) is 1.32. The molecule has 1 unspecified atom stereocenters. The SMILES string of the molecule is CC(C)c1ccc(C(=O)CC2(O)C(=O)N(Cc3ccc(Cl)cc3)c3ccc(Cl)cc32)cc1. The molecule has 1 N–H and O–H groups in total. The van der Waals surface area contributed by atoms with E-state index in [1.165, 1.54) is 4.90 Å². The highest BCUT2D eigenvalue weighted by Gasteiger charge is 2.51. The van der Waals surface area contributed by atoms with Crippen molar-refractivity contribution in [3.8, 4) is 0 Å². The van der Waals surface area contributed by atoms with Crippen LogP contribution < -0.4 is 4.90 Å². The topological polar surface area (TPSA) is 57.6 Å². The standard InChI is InChI=1S/C26H23Cl2NO3/c1-16(2)18-5-7-19(8-6-18)24(30)14-26(32)22-13-21(28)11-12-23(22)29(25(26)31)15-17-3-9-20(27)10-4-17/h3-13,16,32H,14-15H2,1-2H3. The van der Waals surface area contributed by atoms with E-state index in [9.17, 15) is 14.7 Å². The molecule has 3 aromatic rings. The zero-order valence-corrected chi connectivity index (χ0v) is 19.3. The van der Waals surface area contributed by atoms with Crippen LogP contribution in [0.1, 0.15) is 53.2 Å². The second-order valence-corrected chi connectivity index (χ2v) is 9.29. The molecule has 0 saturated carbocycles. The number of ketones is 1. The van der Waals surface area contributed by atoms with Crippen molar-refractivity contribution in [2.45, 2.75) is 38.3 Å². The van der Waals surface area contributed by atoms with Gasteiger partial charge in [0.1, 0.15) is 0 Å². The third-order valence-corrected chi connectivity index (χ3v) is 6.35. The maximum atomic E-state index is 13.4. The van der Waals surface area contributed by atoms with Gasteiger partial charge in [0.05, 0.1) is 18.7 Å². The molecule has 4 rings (SSSR count). The predicted molar refractivity (Wildman–Crippen MR) is 127 cm³/mol. The summed E-state index contributed by atoms with van der Waals surface area (Å²) in [5, 5.41) is 12.5. The van der Waals surface area contributed by atoms with Gasteiger partial charge in [-0.2, -0.15) is 0 Å². The van der Waals surface area contributed by atoms with Gasteiger partial charge < -0.3 is 10.0 Å². The lowest BCUT2D eigenvalue weighted by atomic mass is 9.87. The quantitative estimate of drug-likeness (QED) is 0.443. The first-order chi connectivity index (χ1) is 15.2. The van der Waals surface area contributed by atoms with Crippen LogP contribution in [0.25, 0.3) is 0 Å². The number of carbonyl (C=O) groups is 2. The first kappa shape index (κ1) is 22.5. The van der Waals surface area contributed by atoms with E-state index in [2.05, 4.69) is 13.8 Å². The van der Waals surface area contributed by atoms with E-state index >= 15 is 0 Å². The van der Waals surface area contributed by atoms with Crippen LogP contribution in [0.3, 0.4) is 0 Å². The number of halogens is 2. The van der Waals surface area contributed by atoms with Crippen LogP contribution in [0, 0.1) is 0 Å². The van der Waals surface area contributed by atoms with E-state index in [-0.39, 0.29) is 18.7 Å². The third-order valence-electron chi connectivity index (χ3n) is 5.86. The fourth-order valence-corrected chi connectivity index (χ4v) is 4.31. The number of nitrogens with zero attached hydrogens (tertiary/aromatic N) is 1. The lowest BCUT2D eigenvalue weighted by Gasteiger charge is -2.23. The van der Waals surface area contributed by atoms with E-state index < -0.39 is 11.5 Å². The Balaban J connectivity index is 1.66. The fourth-order valence-electron chi connectivity index (χ4n) is 4.01. The Morgan fingerprint density at radius 2 is 1.59 bits per heavy atom. The molecule has 4 nitrogen and oxygen atoms in total. The molecule has 164 valence electrons. The molecular weight excluding hydrogens is 445 g/mol. The highest BCUT2D eigenvalue weighted by atomic mass is 35.5. The molecule has 0 aliphatic carbocycles. The smallest absolute Gasteiger partial charge is 0.264 e. The Kier molecular flexibility index (Phi) is 6.13. The zero-order valence-electron chi connectivity index (χ0n) is 17.8. The van der Waals surface area contributed by atoms with Gasteiger partial charge in [-0.1, -0.05) is 73.4 Å². The average molecular weight is 468 g/mol. The van der Waals surface area contributed by atoms with Gasteiger partial charge in [0.15, 0.2) is 11.4 Å². The van der Waals surface area contributed by atoms with Gasteiger partial charge in [-0.15, -0.1) is 0 Å². The number of fused-ring (bicyclic) bond motifs is 1. The Morgan fingerprint density at radius 1 is 0.969 bits per heavy atom. The maximum absolute atomic E-state index is 13.4. The van der Waals surface area contributed by atoms with Crippen LogP contribution in [0.5, 0.6) is 0 Å². The molecule has 3 aromatic carbocycles. The summed E-state index contributed by atoms with van der Waals surface area (Å²) in [6.07, 6.45) is -0.364. The highest BCUT2D eigenvalue weighted by Crippen LogP contribution is 2.44. The lowest BCUT2D eigenvalue weighted by molar-refractivity contribution is -0.136. The monoisotopic (exact) mass is 467 g/mol. The predicted octanol–water partition coefficient (Wildman–Crippen LogP) is 6.12. The van der Waals surface area contributed by atoms with Gasteiger partial charge in [0.25, 0.3) is 5.91 Å². The van der Waals surface area contributed by atoms with Crippen molar-refractivity contribution >= 4 is 40.6 Å². The average Bonchev–Trinajstić information content (AvgIpc) is 2.96. The summed E-state index contributed by atoms with van der Waals surface area (Å²) in [5.74, 6) is -0.512. The highest BCUT2D eigenvalue weighted by molar-refractivity contribution is 6.31. The van der Waals surface area contributed by atoms with Crippen LogP contribution in [0.15, 0.2) is 66.7 Å². The van der Waals surface area contributed by atoms with E-state index in [0.717, 1.165) is 11.1 Å². The molecule has 0 fully saturated rings. The van der Waals surface area contributed by atoms with Gasteiger partial charge in [-0.05, 0) is 47.4 Å². The number of Topliss-reactive ketones (excluding diaryl/α,β-unsaturated/α-hetero) is 1. The summed E-state index contributed by atoms with van der Waals surface area (Å²) in [4.78, 5) is 28.0. The molecule has 6 heteroatoms. The van der Waals surface area contributed by atoms with Crippen molar-refractivity contribution < 1.29 is 14.7 Å². The molecule has 0 aromatic heterocycles. The van der Waals surface area contributed by atoms with Crippen LogP contribution in [-0.2, 0) is 16.9 Å². The molecule has 0 bridgehead atoms. The first-order valence-electron chi connectivity index (χ1n) is 10.4. The van der Waals surface area contributed by atoms with Gasteiger partial charge in [0.2, 0.25) is 0 Å². The molecule has 1 aliphatic rings. The Morgan fingerprint density at radius 3 is 2.22 bits per heavy atom.